The molecule has 0 fully saturated rings. The van der Waals surface area contributed by atoms with E-state index in [-0.39, 0.29) is 12.1 Å². The van der Waals surface area contributed by atoms with E-state index in [1.807, 2.05) is 30.3 Å². The fourth-order valence-electron chi connectivity index (χ4n) is 1.49. The van der Waals surface area contributed by atoms with Crippen LogP contribution in [0.25, 0.3) is 0 Å². The maximum absolute atomic E-state index is 13.5. The van der Waals surface area contributed by atoms with Gasteiger partial charge in [-0.25, -0.2) is 8.78 Å². The van der Waals surface area contributed by atoms with Crippen molar-refractivity contribution in [1.29, 1.82) is 0 Å². The highest BCUT2D eigenvalue weighted by atomic mass is 79.9. The van der Waals surface area contributed by atoms with Crippen molar-refractivity contribution in [3.63, 3.8) is 0 Å². The summed E-state index contributed by atoms with van der Waals surface area (Å²) in [7, 11) is 0. The van der Waals surface area contributed by atoms with E-state index in [0.717, 1.165) is 5.69 Å². The lowest BCUT2D eigenvalue weighted by molar-refractivity contribution is 0.558. The van der Waals surface area contributed by atoms with Gasteiger partial charge in [-0.05, 0) is 24.3 Å². The van der Waals surface area contributed by atoms with Crippen LogP contribution in [0.1, 0.15) is 5.56 Å². The maximum Gasteiger partial charge on any atom is 0.132 e. The van der Waals surface area contributed by atoms with E-state index in [2.05, 4.69) is 21.2 Å². The third-order valence-electron chi connectivity index (χ3n) is 2.35. The molecule has 2 rings (SSSR count). The van der Waals surface area contributed by atoms with Gasteiger partial charge in [-0.2, -0.15) is 0 Å². The maximum atomic E-state index is 13.5. The first kappa shape index (κ1) is 12.0. The van der Waals surface area contributed by atoms with Crippen LogP contribution in [0, 0.1) is 11.6 Å². The van der Waals surface area contributed by atoms with Crippen molar-refractivity contribution in [1.82, 2.24) is 0 Å². The Balaban J connectivity index is 2.15. The first-order valence-corrected chi connectivity index (χ1v) is 5.88. The number of anilines is 1. The van der Waals surface area contributed by atoms with Gasteiger partial charge in [-0.1, -0.05) is 34.1 Å². The molecule has 0 saturated heterocycles. The summed E-state index contributed by atoms with van der Waals surface area (Å²) in [6.45, 7) is 0.120. The van der Waals surface area contributed by atoms with Gasteiger partial charge in [0, 0.05) is 22.3 Å². The molecule has 0 spiro atoms. The van der Waals surface area contributed by atoms with E-state index in [0.29, 0.717) is 4.47 Å². The van der Waals surface area contributed by atoms with E-state index in [1.165, 1.54) is 12.1 Å². The Morgan fingerprint density at radius 1 is 1.00 bits per heavy atom. The molecule has 0 amide bonds. The SMILES string of the molecule is Fc1cc(Br)cc(F)c1CNc1ccccc1. The van der Waals surface area contributed by atoms with Gasteiger partial charge in [0.2, 0.25) is 0 Å². The van der Waals surface area contributed by atoms with E-state index < -0.39 is 11.6 Å². The molecule has 88 valence electrons. The van der Waals surface area contributed by atoms with Crippen molar-refractivity contribution >= 4 is 21.6 Å². The van der Waals surface area contributed by atoms with Gasteiger partial charge in [0.05, 0.1) is 0 Å². The second kappa shape index (κ2) is 5.27. The van der Waals surface area contributed by atoms with Crippen molar-refractivity contribution in [2.45, 2.75) is 6.54 Å². The van der Waals surface area contributed by atoms with E-state index in [1.54, 1.807) is 0 Å². The van der Waals surface area contributed by atoms with E-state index >= 15 is 0 Å². The Morgan fingerprint density at radius 2 is 1.59 bits per heavy atom. The summed E-state index contributed by atoms with van der Waals surface area (Å²) in [6.07, 6.45) is 0. The van der Waals surface area contributed by atoms with Crippen LogP contribution in [-0.2, 0) is 6.54 Å². The van der Waals surface area contributed by atoms with Gasteiger partial charge >= 0.3 is 0 Å². The molecule has 0 saturated carbocycles. The lowest BCUT2D eigenvalue weighted by Gasteiger charge is -2.08. The summed E-state index contributed by atoms with van der Waals surface area (Å²) in [6, 6.07) is 11.8. The largest absolute Gasteiger partial charge is 0.381 e. The molecule has 0 aliphatic rings. The Labute approximate surface area is 107 Å². The van der Waals surface area contributed by atoms with Crippen molar-refractivity contribution in [2.24, 2.45) is 0 Å². The molecule has 1 N–H and O–H groups in total. The van der Waals surface area contributed by atoms with Crippen molar-refractivity contribution in [2.75, 3.05) is 5.32 Å². The molecule has 1 nitrogen and oxygen atoms in total. The van der Waals surface area contributed by atoms with Gasteiger partial charge < -0.3 is 5.32 Å². The molecule has 0 radical (unpaired) electrons. The summed E-state index contributed by atoms with van der Waals surface area (Å²) >= 11 is 3.04. The average Bonchev–Trinajstić information content (AvgIpc) is 2.29. The normalized spacial score (nSPS) is 10.3. The van der Waals surface area contributed by atoms with Crippen LogP contribution >= 0.6 is 15.9 Å². The zero-order chi connectivity index (χ0) is 12.3. The average molecular weight is 298 g/mol. The molecule has 0 atom stereocenters. The van der Waals surface area contributed by atoms with Gasteiger partial charge in [0.15, 0.2) is 0 Å². The number of para-hydroxylation sites is 1. The Hall–Kier alpha value is -1.42. The van der Waals surface area contributed by atoms with Gasteiger partial charge in [-0.15, -0.1) is 0 Å². The molecular weight excluding hydrogens is 288 g/mol. The Bertz CT molecular complexity index is 491. The molecule has 2 aromatic rings. The first-order valence-electron chi connectivity index (χ1n) is 5.09. The first-order chi connectivity index (χ1) is 8.16. The molecule has 0 heterocycles. The van der Waals surface area contributed by atoms with Crippen LogP contribution in [0.4, 0.5) is 14.5 Å². The Kier molecular flexibility index (Phi) is 3.74. The zero-order valence-electron chi connectivity index (χ0n) is 8.88. The lowest BCUT2D eigenvalue weighted by Crippen LogP contribution is -2.04. The van der Waals surface area contributed by atoms with Crippen molar-refractivity contribution in [3.8, 4) is 0 Å². The molecule has 0 bridgehead atoms. The van der Waals surface area contributed by atoms with Crippen LogP contribution in [-0.4, -0.2) is 0 Å². The number of nitrogens with one attached hydrogen (secondary N) is 1. The zero-order valence-corrected chi connectivity index (χ0v) is 10.5. The minimum absolute atomic E-state index is 0.0389. The van der Waals surface area contributed by atoms with Crippen LogP contribution in [0.5, 0.6) is 0 Å². The predicted molar refractivity (Wildman–Crippen MR) is 67.8 cm³/mol. The van der Waals surface area contributed by atoms with Crippen molar-refractivity contribution < 1.29 is 8.78 Å². The number of halogens is 3. The number of benzene rings is 2. The van der Waals surface area contributed by atoms with E-state index in [4.69, 9.17) is 0 Å². The summed E-state index contributed by atoms with van der Waals surface area (Å²) in [4.78, 5) is 0. The quantitative estimate of drug-likeness (QED) is 0.889. The summed E-state index contributed by atoms with van der Waals surface area (Å²) in [5.74, 6) is -1.11. The van der Waals surface area contributed by atoms with E-state index in [9.17, 15) is 8.78 Å². The second-order valence-corrected chi connectivity index (χ2v) is 4.48. The fraction of sp³-hybridized carbons (Fsp3) is 0.0769. The highest BCUT2D eigenvalue weighted by Crippen LogP contribution is 2.20. The van der Waals surface area contributed by atoms with Crippen LogP contribution in [0.2, 0.25) is 0 Å². The fourth-order valence-corrected chi connectivity index (χ4v) is 1.89. The molecular formula is C13H10BrF2N. The van der Waals surface area contributed by atoms with Gasteiger partial charge in [0.1, 0.15) is 11.6 Å². The summed E-state index contributed by atoms with van der Waals surface area (Å²) in [5.41, 5.74) is 0.867. The number of hydrogen-bond acceptors (Lipinski definition) is 1. The highest BCUT2D eigenvalue weighted by Gasteiger charge is 2.09. The second-order valence-electron chi connectivity index (χ2n) is 3.57. The molecule has 2 aromatic carbocycles. The predicted octanol–water partition coefficient (Wildman–Crippen LogP) is 4.34. The van der Waals surface area contributed by atoms with Crippen LogP contribution < -0.4 is 5.32 Å². The topological polar surface area (TPSA) is 12.0 Å². The number of rotatable bonds is 3. The molecule has 4 heteroatoms. The third-order valence-corrected chi connectivity index (χ3v) is 2.81. The summed E-state index contributed by atoms with van der Waals surface area (Å²) < 4.78 is 27.4. The third kappa shape index (κ3) is 3.03. The van der Waals surface area contributed by atoms with Crippen molar-refractivity contribution in [3.05, 3.63) is 64.1 Å². The minimum atomic E-state index is -0.555. The van der Waals surface area contributed by atoms with Crippen LogP contribution in [0.3, 0.4) is 0 Å². The Morgan fingerprint density at radius 3 is 2.18 bits per heavy atom. The molecule has 0 aliphatic carbocycles. The monoisotopic (exact) mass is 297 g/mol. The highest BCUT2D eigenvalue weighted by molar-refractivity contribution is 9.10. The standard InChI is InChI=1S/C13H10BrF2N/c14-9-6-12(15)11(13(16)7-9)8-17-10-4-2-1-3-5-10/h1-7,17H,8H2. The molecule has 17 heavy (non-hydrogen) atoms. The molecule has 0 aromatic heterocycles. The smallest absolute Gasteiger partial charge is 0.132 e. The lowest BCUT2D eigenvalue weighted by atomic mass is 10.2. The van der Waals surface area contributed by atoms with Crippen LogP contribution in [0.15, 0.2) is 46.9 Å². The molecule has 0 unspecified atom stereocenters. The van der Waals surface area contributed by atoms with Gasteiger partial charge in [0.25, 0.3) is 0 Å². The summed E-state index contributed by atoms with van der Waals surface area (Å²) in [5, 5.41) is 2.97. The molecule has 0 aliphatic heterocycles. The number of hydrogen-bond donors (Lipinski definition) is 1. The van der Waals surface area contributed by atoms with Gasteiger partial charge in [-0.3, -0.25) is 0 Å². The minimum Gasteiger partial charge on any atom is -0.381 e.